The summed E-state index contributed by atoms with van der Waals surface area (Å²) < 4.78 is 7.71. The normalized spacial score (nSPS) is 10.9. The summed E-state index contributed by atoms with van der Waals surface area (Å²) in [6, 6.07) is 25.9. The zero-order valence-corrected chi connectivity index (χ0v) is 24.4. The Morgan fingerprint density at radius 2 is 1.60 bits per heavy atom. The smallest absolute Gasteiger partial charge is 0.332 e. The van der Waals surface area contributed by atoms with Gasteiger partial charge in [0.15, 0.2) is 0 Å². The van der Waals surface area contributed by atoms with Crippen molar-refractivity contribution in [2.45, 2.75) is 26.6 Å². The van der Waals surface area contributed by atoms with E-state index in [1.54, 1.807) is 73.8 Å². The first-order chi connectivity index (χ1) is 20.7. The summed E-state index contributed by atoms with van der Waals surface area (Å²) in [6.45, 7) is 1.78. The van der Waals surface area contributed by atoms with Crippen LogP contribution in [0.15, 0.2) is 101 Å². The molecule has 4 aromatic carbocycles. The molecule has 0 atom stereocenters. The van der Waals surface area contributed by atoms with E-state index >= 15 is 0 Å². The lowest BCUT2D eigenvalue weighted by atomic mass is 10.1. The Balaban J connectivity index is 1.37. The van der Waals surface area contributed by atoms with Gasteiger partial charge in [0.05, 0.1) is 24.6 Å². The predicted octanol–water partition coefficient (Wildman–Crippen LogP) is 4.75. The van der Waals surface area contributed by atoms with Crippen molar-refractivity contribution in [2.75, 3.05) is 12.4 Å². The molecule has 9 nitrogen and oxygen atoms in total. The highest BCUT2D eigenvalue weighted by atomic mass is 35.5. The van der Waals surface area contributed by atoms with Gasteiger partial charge in [-0.2, -0.15) is 0 Å². The molecule has 0 aliphatic rings. The van der Waals surface area contributed by atoms with Gasteiger partial charge in [-0.05, 0) is 60.5 Å². The summed E-state index contributed by atoms with van der Waals surface area (Å²) in [5.41, 5.74) is 2.53. The molecule has 0 aliphatic heterocycles. The van der Waals surface area contributed by atoms with Gasteiger partial charge in [0.25, 0.3) is 11.5 Å². The first-order valence-electron chi connectivity index (χ1n) is 13.5. The lowest BCUT2D eigenvalue weighted by Crippen LogP contribution is -2.42. The number of ether oxygens (including phenoxy) is 1. The molecule has 1 aromatic heterocycles. The van der Waals surface area contributed by atoms with Gasteiger partial charge in [0.1, 0.15) is 12.3 Å². The summed E-state index contributed by atoms with van der Waals surface area (Å²) in [5.74, 6) is -0.0309. The minimum absolute atomic E-state index is 0.0410. The first kappa shape index (κ1) is 29.3. The minimum atomic E-state index is -0.625. The monoisotopic (exact) mass is 596 g/mol. The molecule has 2 N–H and O–H groups in total. The van der Waals surface area contributed by atoms with Crippen LogP contribution < -0.4 is 26.6 Å². The van der Waals surface area contributed by atoms with Crippen molar-refractivity contribution in [1.82, 2.24) is 14.5 Å². The second-order valence-electron chi connectivity index (χ2n) is 9.98. The van der Waals surface area contributed by atoms with Gasteiger partial charge in [-0.1, -0.05) is 60.1 Å². The van der Waals surface area contributed by atoms with Crippen LogP contribution in [0.3, 0.4) is 0 Å². The number of rotatable bonds is 9. The van der Waals surface area contributed by atoms with Crippen LogP contribution in [0.5, 0.6) is 5.75 Å². The quantitative estimate of drug-likeness (QED) is 0.255. The van der Waals surface area contributed by atoms with Gasteiger partial charge in [0, 0.05) is 28.4 Å². The Bertz CT molecular complexity index is 1950. The van der Waals surface area contributed by atoms with Crippen LogP contribution in [0.4, 0.5) is 5.69 Å². The van der Waals surface area contributed by atoms with E-state index in [-0.39, 0.29) is 19.0 Å². The second-order valence-corrected chi connectivity index (χ2v) is 10.4. The van der Waals surface area contributed by atoms with Crippen molar-refractivity contribution < 1.29 is 14.3 Å². The second kappa shape index (κ2) is 12.8. The van der Waals surface area contributed by atoms with Crippen LogP contribution in [-0.2, 0) is 24.4 Å². The number of benzene rings is 4. The number of carbonyl (C=O) groups excluding carboxylic acids is 2. The minimum Gasteiger partial charge on any atom is -0.496 e. The van der Waals surface area contributed by atoms with Crippen molar-refractivity contribution in [3.8, 4) is 5.75 Å². The number of anilines is 1. The van der Waals surface area contributed by atoms with E-state index in [0.29, 0.717) is 45.0 Å². The zero-order chi connectivity index (χ0) is 30.5. The Morgan fingerprint density at radius 3 is 2.37 bits per heavy atom. The SMILES string of the molecule is COc1ccccc1CNC(=O)c1ccc(Cn2c(=O)c3ccccc3n(CC(=O)Nc3cc(Cl)ccc3C)c2=O)cc1. The molecule has 218 valence electrons. The molecule has 5 aromatic rings. The maximum absolute atomic E-state index is 13.6. The number of nitrogens with zero attached hydrogens (tertiary/aromatic N) is 2. The molecule has 0 radical (unpaired) electrons. The van der Waals surface area contributed by atoms with Gasteiger partial charge in [-0.25, -0.2) is 4.79 Å². The summed E-state index contributed by atoms with van der Waals surface area (Å²) in [6.07, 6.45) is 0. The molecule has 2 amide bonds. The topological polar surface area (TPSA) is 111 Å². The largest absolute Gasteiger partial charge is 0.496 e. The Hall–Kier alpha value is -5.15. The third-order valence-electron chi connectivity index (χ3n) is 7.10. The van der Waals surface area contributed by atoms with Crippen LogP contribution in [0.25, 0.3) is 10.9 Å². The molecule has 43 heavy (non-hydrogen) atoms. The number of aryl methyl sites for hydroxylation is 1. The summed E-state index contributed by atoms with van der Waals surface area (Å²) in [5, 5.41) is 6.45. The van der Waals surface area contributed by atoms with Crippen LogP contribution in [0.2, 0.25) is 5.02 Å². The molecule has 0 saturated carbocycles. The van der Waals surface area contributed by atoms with Gasteiger partial charge in [0.2, 0.25) is 5.91 Å². The van der Waals surface area contributed by atoms with Crippen molar-refractivity contribution >= 4 is 40.0 Å². The van der Waals surface area contributed by atoms with Gasteiger partial charge < -0.3 is 15.4 Å². The molecule has 1 heterocycles. The van der Waals surface area contributed by atoms with Crippen LogP contribution in [-0.4, -0.2) is 28.1 Å². The number of methoxy groups -OCH3 is 1. The van der Waals surface area contributed by atoms with Gasteiger partial charge in [-0.15, -0.1) is 0 Å². The van der Waals surface area contributed by atoms with Crippen molar-refractivity contribution in [1.29, 1.82) is 0 Å². The number of hydrogen-bond donors (Lipinski definition) is 2. The average molecular weight is 597 g/mol. The van der Waals surface area contributed by atoms with E-state index in [1.165, 1.54) is 4.57 Å². The number of nitrogens with one attached hydrogen (secondary N) is 2. The number of carbonyl (C=O) groups is 2. The van der Waals surface area contributed by atoms with E-state index in [9.17, 15) is 19.2 Å². The van der Waals surface area contributed by atoms with Gasteiger partial charge >= 0.3 is 5.69 Å². The highest BCUT2D eigenvalue weighted by Crippen LogP contribution is 2.20. The summed E-state index contributed by atoms with van der Waals surface area (Å²) >= 11 is 6.09. The van der Waals surface area contributed by atoms with Crippen molar-refractivity contribution in [2.24, 2.45) is 0 Å². The number of hydrogen-bond acceptors (Lipinski definition) is 5. The highest BCUT2D eigenvalue weighted by molar-refractivity contribution is 6.31. The molecule has 0 aliphatic carbocycles. The number of para-hydroxylation sites is 2. The van der Waals surface area contributed by atoms with Crippen LogP contribution >= 0.6 is 11.6 Å². The fourth-order valence-corrected chi connectivity index (χ4v) is 4.97. The molecule has 10 heteroatoms. The number of aromatic nitrogens is 2. The number of amides is 2. The standard InChI is InChI=1S/C33H29ClN4O5/c1-21-11-16-25(34)17-27(21)36-30(39)20-37-28-9-5-4-8-26(28)32(41)38(33(37)42)19-22-12-14-23(15-13-22)31(40)35-18-24-7-3-6-10-29(24)43-2/h3-17H,18-20H2,1-2H3,(H,35,40)(H,36,39). The lowest BCUT2D eigenvalue weighted by molar-refractivity contribution is -0.116. The maximum Gasteiger partial charge on any atom is 0.332 e. The first-order valence-corrected chi connectivity index (χ1v) is 13.9. The molecule has 0 bridgehead atoms. The van der Waals surface area contributed by atoms with Gasteiger partial charge in [-0.3, -0.25) is 23.5 Å². The van der Waals surface area contributed by atoms with E-state index in [4.69, 9.17) is 16.3 Å². The number of fused-ring (bicyclic) bond motifs is 1. The Labute approximate surface area is 252 Å². The van der Waals surface area contributed by atoms with Crippen molar-refractivity contribution in [3.63, 3.8) is 0 Å². The van der Waals surface area contributed by atoms with E-state index in [0.717, 1.165) is 15.7 Å². The Kier molecular flexibility index (Phi) is 8.73. The van der Waals surface area contributed by atoms with E-state index in [2.05, 4.69) is 10.6 Å². The summed E-state index contributed by atoms with van der Waals surface area (Å²) in [4.78, 5) is 52.8. The molecular weight excluding hydrogens is 568 g/mol. The molecule has 0 spiro atoms. The van der Waals surface area contributed by atoms with Crippen LogP contribution in [0.1, 0.15) is 27.0 Å². The fraction of sp³-hybridized carbons (Fsp3) is 0.152. The lowest BCUT2D eigenvalue weighted by Gasteiger charge is -2.15. The molecule has 0 unspecified atom stereocenters. The third-order valence-corrected chi connectivity index (χ3v) is 7.33. The predicted molar refractivity (Wildman–Crippen MR) is 167 cm³/mol. The summed E-state index contributed by atoms with van der Waals surface area (Å²) in [7, 11) is 1.58. The Morgan fingerprint density at radius 1 is 0.884 bits per heavy atom. The maximum atomic E-state index is 13.6. The number of halogens is 1. The van der Waals surface area contributed by atoms with Crippen molar-refractivity contribution in [3.05, 3.63) is 139 Å². The van der Waals surface area contributed by atoms with Crippen LogP contribution in [0, 0.1) is 6.92 Å². The molecule has 0 fully saturated rings. The molecule has 5 rings (SSSR count). The zero-order valence-electron chi connectivity index (χ0n) is 23.6. The molecule has 0 saturated heterocycles. The fourth-order valence-electron chi connectivity index (χ4n) is 4.80. The third kappa shape index (κ3) is 6.52. The van der Waals surface area contributed by atoms with E-state index in [1.807, 2.05) is 31.2 Å². The average Bonchev–Trinajstić information content (AvgIpc) is 3.02. The van der Waals surface area contributed by atoms with E-state index < -0.39 is 17.2 Å². The highest BCUT2D eigenvalue weighted by Gasteiger charge is 2.17. The molecular formula is C33H29ClN4O5.